The number of allylic oxidation sites excluding steroid dienone is 7. The number of rotatable bonds is 4. The van der Waals surface area contributed by atoms with Crippen LogP contribution < -0.4 is 5.32 Å². The highest BCUT2D eigenvalue weighted by molar-refractivity contribution is 5.76. The zero-order chi connectivity index (χ0) is 20.5. The lowest BCUT2D eigenvalue weighted by Gasteiger charge is -2.23. The predicted molar refractivity (Wildman–Crippen MR) is 125 cm³/mol. The van der Waals surface area contributed by atoms with Gasteiger partial charge in [0.1, 0.15) is 0 Å². The summed E-state index contributed by atoms with van der Waals surface area (Å²) in [6, 6.07) is 7.15. The molecule has 1 heteroatoms. The first-order valence-electron chi connectivity index (χ1n) is 10.6. The lowest BCUT2D eigenvalue weighted by molar-refractivity contribution is 0.504. The maximum atomic E-state index is 3.42. The summed E-state index contributed by atoms with van der Waals surface area (Å²) in [4.78, 5) is 0. The molecule has 1 aliphatic heterocycles. The molecule has 1 aliphatic carbocycles. The van der Waals surface area contributed by atoms with Crippen molar-refractivity contribution in [2.75, 3.05) is 0 Å². The van der Waals surface area contributed by atoms with E-state index in [9.17, 15) is 0 Å². The van der Waals surface area contributed by atoms with E-state index in [1.807, 2.05) is 12.3 Å². The third-order valence-corrected chi connectivity index (χ3v) is 5.43. The van der Waals surface area contributed by atoms with Crippen molar-refractivity contribution in [3.63, 3.8) is 0 Å². The van der Waals surface area contributed by atoms with Crippen LogP contribution in [-0.2, 0) is 0 Å². The number of nitrogens with one attached hydrogen (secondary N) is 1. The second-order valence-corrected chi connectivity index (χ2v) is 8.31. The van der Waals surface area contributed by atoms with Gasteiger partial charge >= 0.3 is 0 Å². The Morgan fingerprint density at radius 3 is 2.29 bits per heavy atom. The van der Waals surface area contributed by atoms with Gasteiger partial charge in [-0.2, -0.15) is 0 Å². The maximum Gasteiger partial charge on any atom is 0.0658 e. The second kappa shape index (κ2) is 10.9. The topological polar surface area (TPSA) is 12.0 Å². The van der Waals surface area contributed by atoms with Crippen LogP contribution in [0.3, 0.4) is 0 Å². The van der Waals surface area contributed by atoms with E-state index < -0.39 is 0 Å². The largest absolute Gasteiger partial charge is 0.381 e. The molecule has 0 radical (unpaired) electrons. The molecule has 150 valence electrons. The highest BCUT2D eigenvalue weighted by Gasteiger charge is 2.15. The van der Waals surface area contributed by atoms with Gasteiger partial charge in [-0.25, -0.2) is 0 Å². The van der Waals surface area contributed by atoms with Crippen LogP contribution in [0.2, 0.25) is 0 Å². The minimum Gasteiger partial charge on any atom is -0.381 e. The van der Waals surface area contributed by atoms with Crippen LogP contribution in [0.15, 0.2) is 72.5 Å². The average molecular weight is 376 g/mol. The molecular weight excluding hydrogens is 338 g/mol. The molecule has 3 rings (SSSR count). The van der Waals surface area contributed by atoms with E-state index in [-0.39, 0.29) is 0 Å². The summed E-state index contributed by atoms with van der Waals surface area (Å²) in [6.07, 6.45) is 19.8. The van der Waals surface area contributed by atoms with Crippen LogP contribution in [0.1, 0.15) is 57.2 Å². The molecule has 0 spiro atoms. The number of hydrogen-bond donors (Lipinski definition) is 1. The fraction of sp³-hybridized carbons (Fsp3) is 0.407. The van der Waals surface area contributed by atoms with Gasteiger partial charge in [-0.3, -0.25) is 0 Å². The van der Waals surface area contributed by atoms with E-state index in [2.05, 4.69) is 102 Å². The average Bonchev–Trinajstić information content (AvgIpc) is 2.69. The Kier molecular flexibility index (Phi) is 8.57. The van der Waals surface area contributed by atoms with Crippen LogP contribution in [0, 0.1) is 25.7 Å². The van der Waals surface area contributed by atoms with Crippen molar-refractivity contribution < 1.29 is 0 Å². The summed E-state index contributed by atoms with van der Waals surface area (Å²) in [7, 11) is 0. The first kappa shape index (κ1) is 22.0. The molecule has 0 bridgehead atoms. The van der Waals surface area contributed by atoms with Gasteiger partial charge in [0, 0.05) is 0 Å². The molecule has 0 amide bonds. The van der Waals surface area contributed by atoms with Crippen molar-refractivity contribution in [1.82, 2.24) is 5.32 Å². The standard InChI is InChI=1S/C19H21N.C8H16/c1-14-10-15(2)12-18(11-14)16-6-5-7-17(13-16)19-8-3-4-9-20-19;1-5-6-8(4)7(2)3/h3-4,6,8-13,19-20H,5,7H2,1-2H3;5-8H,1-4H3/t;8-/m.1/s1. The van der Waals surface area contributed by atoms with Crippen LogP contribution in [0.4, 0.5) is 0 Å². The van der Waals surface area contributed by atoms with Crippen LogP contribution in [0.25, 0.3) is 5.57 Å². The fourth-order valence-electron chi connectivity index (χ4n) is 3.51. The van der Waals surface area contributed by atoms with Crippen LogP contribution in [-0.4, -0.2) is 6.04 Å². The van der Waals surface area contributed by atoms with Crippen LogP contribution >= 0.6 is 0 Å². The van der Waals surface area contributed by atoms with Gasteiger partial charge < -0.3 is 5.32 Å². The second-order valence-electron chi connectivity index (χ2n) is 8.31. The Labute approximate surface area is 172 Å². The Morgan fingerprint density at radius 2 is 1.75 bits per heavy atom. The number of benzene rings is 1. The van der Waals surface area contributed by atoms with Crippen molar-refractivity contribution >= 4 is 5.57 Å². The third kappa shape index (κ3) is 6.71. The third-order valence-electron chi connectivity index (χ3n) is 5.43. The number of aryl methyl sites for hydroxylation is 2. The van der Waals surface area contributed by atoms with Crippen LogP contribution in [0.5, 0.6) is 0 Å². The molecular formula is C27H37N. The molecule has 0 saturated carbocycles. The summed E-state index contributed by atoms with van der Waals surface area (Å²) in [5, 5.41) is 3.42. The molecule has 1 nitrogen and oxygen atoms in total. The molecule has 28 heavy (non-hydrogen) atoms. The minimum absolute atomic E-state index is 0.356. The van der Waals surface area contributed by atoms with Crippen molar-refractivity contribution in [2.45, 2.75) is 60.4 Å². The van der Waals surface area contributed by atoms with Crippen molar-refractivity contribution in [3.05, 3.63) is 89.2 Å². The summed E-state index contributed by atoms with van der Waals surface area (Å²) in [5.74, 6) is 1.52. The Bertz CT molecular complexity index is 766. The highest BCUT2D eigenvalue weighted by Crippen LogP contribution is 2.29. The van der Waals surface area contributed by atoms with Gasteiger partial charge in [-0.05, 0) is 74.4 Å². The summed E-state index contributed by atoms with van der Waals surface area (Å²) >= 11 is 0. The first-order valence-corrected chi connectivity index (χ1v) is 10.6. The minimum atomic E-state index is 0.356. The quantitative estimate of drug-likeness (QED) is 0.544. The molecule has 0 aromatic heterocycles. The molecule has 0 saturated heterocycles. The van der Waals surface area contributed by atoms with Crippen molar-refractivity contribution in [1.29, 1.82) is 0 Å². The number of hydrogen-bond acceptors (Lipinski definition) is 1. The van der Waals surface area contributed by atoms with E-state index in [1.165, 1.54) is 27.8 Å². The normalized spacial score (nSPS) is 19.6. The Morgan fingerprint density at radius 1 is 1.04 bits per heavy atom. The maximum absolute atomic E-state index is 3.42. The molecule has 1 heterocycles. The fourth-order valence-corrected chi connectivity index (χ4v) is 3.51. The van der Waals surface area contributed by atoms with Gasteiger partial charge in [0.2, 0.25) is 0 Å². The summed E-state index contributed by atoms with van der Waals surface area (Å²) in [5.41, 5.74) is 6.85. The monoisotopic (exact) mass is 375 g/mol. The van der Waals surface area contributed by atoms with Crippen molar-refractivity contribution in [2.24, 2.45) is 11.8 Å². The van der Waals surface area contributed by atoms with E-state index in [4.69, 9.17) is 0 Å². The van der Waals surface area contributed by atoms with E-state index >= 15 is 0 Å². The van der Waals surface area contributed by atoms with Gasteiger partial charge in [0.25, 0.3) is 0 Å². The Hall–Kier alpha value is -2.28. The smallest absolute Gasteiger partial charge is 0.0658 e. The number of dihydropyridines is 1. The molecule has 1 aromatic rings. The lowest BCUT2D eigenvalue weighted by atomic mass is 9.89. The van der Waals surface area contributed by atoms with E-state index in [1.54, 1.807) is 0 Å². The van der Waals surface area contributed by atoms with E-state index in [0.29, 0.717) is 6.04 Å². The zero-order valence-corrected chi connectivity index (χ0v) is 18.5. The van der Waals surface area contributed by atoms with E-state index in [0.717, 1.165) is 24.7 Å². The van der Waals surface area contributed by atoms with Gasteiger partial charge in [-0.15, -0.1) is 0 Å². The summed E-state index contributed by atoms with van der Waals surface area (Å²) < 4.78 is 0. The predicted octanol–water partition coefficient (Wildman–Crippen LogP) is 7.30. The Balaban J connectivity index is 0.000000300. The molecule has 1 unspecified atom stereocenters. The summed E-state index contributed by atoms with van der Waals surface area (Å²) in [6.45, 7) is 13.1. The van der Waals surface area contributed by atoms with Gasteiger partial charge in [0.15, 0.2) is 0 Å². The molecule has 2 atom stereocenters. The van der Waals surface area contributed by atoms with Gasteiger partial charge in [-0.1, -0.05) is 86.6 Å². The highest BCUT2D eigenvalue weighted by atomic mass is 14.9. The molecule has 1 aromatic carbocycles. The molecule has 2 aliphatic rings. The van der Waals surface area contributed by atoms with Crippen molar-refractivity contribution in [3.8, 4) is 0 Å². The van der Waals surface area contributed by atoms with Gasteiger partial charge in [0.05, 0.1) is 6.04 Å². The lowest BCUT2D eigenvalue weighted by Crippen LogP contribution is -2.26. The zero-order valence-electron chi connectivity index (χ0n) is 18.5. The SMILES string of the molecule is CC=C[C@@H](C)C(C)C.Cc1cc(C)cc(C2=CCCC(C3C=CC=CN3)=C2)c1. The molecule has 0 fully saturated rings. The molecule has 1 N–H and O–H groups in total. The first-order chi connectivity index (χ1) is 13.4.